The summed E-state index contributed by atoms with van der Waals surface area (Å²) < 4.78 is 1.77. The molecule has 0 radical (unpaired) electrons. The van der Waals surface area contributed by atoms with E-state index in [4.69, 9.17) is 4.98 Å². The third kappa shape index (κ3) is 2.79. The van der Waals surface area contributed by atoms with Crippen LogP contribution in [0.3, 0.4) is 0 Å². The van der Waals surface area contributed by atoms with Crippen LogP contribution in [-0.2, 0) is 12.5 Å². The zero-order valence-electron chi connectivity index (χ0n) is 13.8. The van der Waals surface area contributed by atoms with E-state index in [-0.39, 0.29) is 17.6 Å². The van der Waals surface area contributed by atoms with Crippen molar-refractivity contribution in [1.29, 1.82) is 0 Å². The van der Waals surface area contributed by atoms with Crippen LogP contribution in [0.15, 0.2) is 6.20 Å². The molecule has 0 aliphatic heterocycles. The quantitative estimate of drug-likeness (QED) is 0.891. The van der Waals surface area contributed by atoms with Gasteiger partial charge in [0.25, 0.3) is 0 Å². The average molecular weight is 303 g/mol. The van der Waals surface area contributed by atoms with Gasteiger partial charge in [-0.1, -0.05) is 33.6 Å². The molecule has 6 nitrogen and oxygen atoms in total. The molecule has 0 aromatic carbocycles. The van der Waals surface area contributed by atoms with E-state index in [0.717, 1.165) is 48.4 Å². The average Bonchev–Trinajstić information content (AvgIpc) is 2.82. The van der Waals surface area contributed by atoms with Crippen LogP contribution < -0.4 is 5.32 Å². The number of aromatic nitrogens is 4. The van der Waals surface area contributed by atoms with Crippen molar-refractivity contribution in [3.63, 3.8) is 0 Å². The van der Waals surface area contributed by atoms with Gasteiger partial charge in [0.2, 0.25) is 0 Å². The van der Waals surface area contributed by atoms with E-state index in [1.807, 2.05) is 7.05 Å². The molecule has 0 unspecified atom stereocenters. The Bertz CT molecular complexity index is 673. The van der Waals surface area contributed by atoms with E-state index >= 15 is 0 Å². The first-order chi connectivity index (χ1) is 10.4. The van der Waals surface area contributed by atoms with Gasteiger partial charge in [0.1, 0.15) is 11.6 Å². The van der Waals surface area contributed by atoms with E-state index in [0.29, 0.717) is 0 Å². The van der Waals surface area contributed by atoms with Gasteiger partial charge in [-0.15, -0.1) is 0 Å². The lowest BCUT2D eigenvalue weighted by atomic mass is 9.92. The van der Waals surface area contributed by atoms with Gasteiger partial charge in [0.15, 0.2) is 5.65 Å². The lowest BCUT2D eigenvalue weighted by molar-refractivity contribution is 0.116. The number of hydrogen-bond donors (Lipinski definition) is 2. The molecule has 2 heterocycles. The molecular formula is C16H25N5O. The van der Waals surface area contributed by atoms with Crippen LogP contribution in [0.5, 0.6) is 0 Å². The highest BCUT2D eigenvalue weighted by Crippen LogP contribution is 2.28. The smallest absolute Gasteiger partial charge is 0.163 e. The maximum atomic E-state index is 10.2. The molecule has 0 spiro atoms. The molecule has 3 rings (SSSR count). The van der Waals surface area contributed by atoms with Gasteiger partial charge in [-0.3, -0.25) is 4.68 Å². The summed E-state index contributed by atoms with van der Waals surface area (Å²) in [5.41, 5.74) is 0.688. The Kier molecular flexibility index (Phi) is 3.80. The molecule has 2 aromatic rings. The standard InChI is InChI=1S/C16H25N5O/c1-16(2,3)15-19-13(10-9-17-21(4)14(10)20-15)18-11-7-5-6-8-12(11)22/h9,11-12,22H,5-8H2,1-4H3,(H,18,19,20)/t11-,12-/m1/s1. The minimum atomic E-state index is -0.312. The number of nitrogens with one attached hydrogen (secondary N) is 1. The molecule has 2 atom stereocenters. The van der Waals surface area contributed by atoms with Crippen LogP contribution in [0, 0.1) is 0 Å². The Labute approximate surface area is 131 Å². The fraction of sp³-hybridized carbons (Fsp3) is 0.688. The van der Waals surface area contributed by atoms with Crippen molar-refractivity contribution in [3.05, 3.63) is 12.0 Å². The van der Waals surface area contributed by atoms with E-state index < -0.39 is 0 Å². The number of fused-ring (bicyclic) bond motifs is 1. The van der Waals surface area contributed by atoms with Gasteiger partial charge in [-0.25, -0.2) is 9.97 Å². The molecule has 22 heavy (non-hydrogen) atoms. The number of aryl methyl sites for hydroxylation is 1. The van der Waals surface area contributed by atoms with Crippen molar-refractivity contribution >= 4 is 16.9 Å². The SMILES string of the molecule is Cn1ncc2c(N[C@@H]3CCCC[C@H]3O)nc(C(C)(C)C)nc21. The monoisotopic (exact) mass is 303 g/mol. The largest absolute Gasteiger partial charge is 0.391 e. The number of aliphatic hydroxyl groups excluding tert-OH is 1. The maximum absolute atomic E-state index is 10.2. The van der Waals surface area contributed by atoms with Crippen molar-refractivity contribution in [2.75, 3.05) is 5.32 Å². The van der Waals surface area contributed by atoms with Crippen molar-refractivity contribution < 1.29 is 5.11 Å². The zero-order chi connectivity index (χ0) is 15.9. The van der Waals surface area contributed by atoms with E-state index in [1.165, 1.54) is 0 Å². The van der Waals surface area contributed by atoms with Crippen LogP contribution in [0.1, 0.15) is 52.3 Å². The predicted octanol–water partition coefficient (Wildman–Crippen LogP) is 2.38. The van der Waals surface area contributed by atoms with Crippen molar-refractivity contribution in [3.8, 4) is 0 Å². The first-order valence-corrected chi connectivity index (χ1v) is 8.01. The minimum absolute atomic E-state index is 0.0554. The Hall–Kier alpha value is -1.69. The van der Waals surface area contributed by atoms with Crippen molar-refractivity contribution in [2.24, 2.45) is 7.05 Å². The number of anilines is 1. The van der Waals surface area contributed by atoms with Crippen LogP contribution in [-0.4, -0.2) is 37.0 Å². The third-order valence-corrected chi connectivity index (χ3v) is 4.31. The summed E-state index contributed by atoms with van der Waals surface area (Å²) in [5, 5.41) is 18.9. The van der Waals surface area contributed by atoms with Gasteiger partial charge < -0.3 is 10.4 Å². The number of hydrogen-bond acceptors (Lipinski definition) is 5. The van der Waals surface area contributed by atoms with Gasteiger partial charge in [-0.2, -0.15) is 5.10 Å². The first-order valence-electron chi connectivity index (χ1n) is 8.01. The molecule has 1 aliphatic carbocycles. The third-order valence-electron chi connectivity index (χ3n) is 4.31. The van der Waals surface area contributed by atoms with Gasteiger partial charge in [-0.05, 0) is 12.8 Å². The lowest BCUT2D eigenvalue weighted by Crippen LogP contribution is -2.36. The Balaban J connectivity index is 2.03. The van der Waals surface area contributed by atoms with Crippen LogP contribution >= 0.6 is 0 Å². The Morgan fingerprint density at radius 1 is 1.23 bits per heavy atom. The summed E-state index contributed by atoms with van der Waals surface area (Å²) in [7, 11) is 1.89. The topological polar surface area (TPSA) is 75.9 Å². The molecule has 120 valence electrons. The highest BCUT2D eigenvalue weighted by molar-refractivity contribution is 5.86. The molecule has 2 aromatic heterocycles. The summed E-state index contributed by atoms with van der Waals surface area (Å²) in [6.07, 6.45) is 5.54. The number of nitrogens with zero attached hydrogens (tertiary/aromatic N) is 4. The summed E-state index contributed by atoms with van der Waals surface area (Å²) >= 11 is 0. The predicted molar refractivity (Wildman–Crippen MR) is 86.9 cm³/mol. The summed E-state index contributed by atoms with van der Waals surface area (Å²) in [5.74, 6) is 1.57. The molecule has 1 fully saturated rings. The van der Waals surface area contributed by atoms with Crippen molar-refractivity contribution in [2.45, 2.75) is 64.0 Å². The van der Waals surface area contributed by atoms with E-state index in [1.54, 1.807) is 10.9 Å². The highest BCUT2D eigenvalue weighted by Gasteiger charge is 2.26. The number of aliphatic hydroxyl groups is 1. The molecule has 0 saturated heterocycles. The van der Waals surface area contributed by atoms with Gasteiger partial charge in [0.05, 0.1) is 23.7 Å². The zero-order valence-corrected chi connectivity index (χ0v) is 13.8. The second kappa shape index (κ2) is 5.50. The lowest BCUT2D eigenvalue weighted by Gasteiger charge is -2.29. The Morgan fingerprint density at radius 2 is 1.95 bits per heavy atom. The molecule has 6 heteroatoms. The fourth-order valence-electron chi connectivity index (χ4n) is 2.92. The minimum Gasteiger partial charge on any atom is -0.391 e. The van der Waals surface area contributed by atoms with Crippen molar-refractivity contribution in [1.82, 2.24) is 19.7 Å². The second-order valence-electron chi connectivity index (χ2n) is 7.25. The molecular weight excluding hydrogens is 278 g/mol. The second-order valence-corrected chi connectivity index (χ2v) is 7.25. The van der Waals surface area contributed by atoms with Crippen LogP contribution in [0.2, 0.25) is 0 Å². The number of rotatable bonds is 2. The first kappa shape index (κ1) is 15.2. The normalized spacial score (nSPS) is 23.0. The fourth-order valence-corrected chi connectivity index (χ4v) is 2.92. The summed E-state index contributed by atoms with van der Waals surface area (Å²) in [6, 6.07) is 0.0554. The van der Waals surface area contributed by atoms with Gasteiger partial charge in [0, 0.05) is 12.5 Å². The molecule has 2 N–H and O–H groups in total. The Morgan fingerprint density at radius 3 is 2.64 bits per heavy atom. The molecule has 1 saturated carbocycles. The van der Waals surface area contributed by atoms with Crippen LogP contribution in [0.25, 0.3) is 11.0 Å². The molecule has 1 aliphatic rings. The van der Waals surface area contributed by atoms with Crippen LogP contribution in [0.4, 0.5) is 5.82 Å². The maximum Gasteiger partial charge on any atom is 0.163 e. The molecule has 0 bridgehead atoms. The van der Waals surface area contributed by atoms with Gasteiger partial charge >= 0.3 is 0 Å². The van der Waals surface area contributed by atoms with E-state index in [2.05, 4.69) is 36.2 Å². The van der Waals surface area contributed by atoms with E-state index in [9.17, 15) is 5.11 Å². The summed E-state index contributed by atoms with van der Waals surface area (Å²) in [6.45, 7) is 6.30. The molecule has 0 amide bonds. The highest BCUT2D eigenvalue weighted by atomic mass is 16.3. The summed E-state index contributed by atoms with van der Waals surface area (Å²) in [4.78, 5) is 9.39.